The molecule has 0 spiro atoms. The second-order valence-corrected chi connectivity index (χ2v) is 5.68. The summed E-state index contributed by atoms with van der Waals surface area (Å²) in [6.45, 7) is 8.14. The molecule has 0 radical (unpaired) electrons. The number of nitrogens with zero attached hydrogens (tertiary/aromatic N) is 2. The van der Waals surface area contributed by atoms with Crippen LogP contribution in [0.3, 0.4) is 0 Å². The Kier molecular flexibility index (Phi) is 4.64. The fourth-order valence-electron chi connectivity index (χ4n) is 1.55. The molecular weight excluding hydrogens is 230 g/mol. The maximum Gasteiger partial charge on any atom is 0.326 e. The van der Waals surface area contributed by atoms with E-state index in [1.807, 2.05) is 6.92 Å². The summed E-state index contributed by atoms with van der Waals surface area (Å²) in [5.41, 5.74) is 0.934. The summed E-state index contributed by atoms with van der Waals surface area (Å²) >= 11 is 0. The van der Waals surface area contributed by atoms with Crippen LogP contribution in [0.1, 0.15) is 39.3 Å². The second kappa shape index (κ2) is 5.80. The highest BCUT2D eigenvalue weighted by Gasteiger charge is 2.21. The van der Waals surface area contributed by atoms with Crippen LogP contribution >= 0.6 is 0 Å². The number of rotatable bonds is 5. The third kappa shape index (κ3) is 5.12. The Morgan fingerprint density at radius 1 is 1.44 bits per heavy atom. The Labute approximate surface area is 108 Å². The first-order valence-electron chi connectivity index (χ1n) is 6.06. The van der Waals surface area contributed by atoms with Gasteiger partial charge in [-0.2, -0.15) is 0 Å². The lowest BCUT2D eigenvalue weighted by Crippen LogP contribution is -2.30. The van der Waals surface area contributed by atoms with E-state index in [0.29, 0.717) is 12.2 Å². The smallest absolute Gasteiger partial charge is 0.326 e. The number of aromatic nitrogens is 2. The number of carbonyl (C=O) groups is 1. The van der Waals surface area contributed by atoms with Gasteiger partial charge in [-0.25, -0.2) is 14.8 Å². The fraction of sp³-hybridized carbons (Fsp3) is 0.615. The summed E-state index contributed by atoms with van der Waals surface area (Å²) in [5.74, 6) is -0.292. The van der Waals surface area contributed by atoms with Crippen LogP contribution < -0.4 is 5.32 Å². The minimum atomic E-state index is -0.851. The van der Waals surface area contributed by atoms with Crippen molar-refractivity contribution in [2.75, 3.05) is 5.32 Å². The Bertz CT molecular complexity index is 413. The summed E-state index contributed by atoms with van der Waals surface area (Å²) in [7, 11) is 0. The van der Waals surface area contributed by atoms with Crippen LogP contribution in [0.5, 0.6) is 0 Å². The summed E-state index contributed by atoms with van der Waals surface area (Å²) in [5, 5.41) is 12.1. The monoisotopic (exact) mass is 251 g/mol. The van der Waals surface area contributed by atoms with Crippen molar-refractivity contribution >= 4 is 11.8 Å². The number of aryl methyl sites for hydroxylation is 1. The molecule has 0 aliphatic heterocycles. The van der Waals surface area contributed by atoms with Crippen LogP contribution in [-0.4, -0.2) is 27.1 Å². The highest BCUT2D eigenvalue weighted by atomic mass is 16.4. The first kappa shape index (κ1) is 14.4. The van der Waals surface area contributed by atoms with E-state index in [1.54, 1.807) is 6.07 Å². The highest BCUT2D eigenvalue weighted by Crippen LogP contribution is 2.22. The van der Waals surface area contributed by atoms with Gasteiger partial charge in [0, 0.05) is 11.8 Å². The zero-order valence-electron chi connectivity index (χ0n) is 11.4. The first-order chi connectivity index (χ1) is 8.28. The molecule has 1 atom stereocenters. The van der Waals surface area contributed by atoms with Crippen molar-refractivity contribution in [3.8, 4) is 0 Å². The lowest BCUT2D eigenvalue weighted by molar-refractivity contribution is -0.138. The van der Waals surface area contributed by atoms with E-state index in [-0.39, 0.29) is 5.41 Å². The molecule has 0 saturated carbocycles. The Morgan fingerprint density at radius 2 is 2.11 bits per heavy atom. The van der Waals surface area contributed by atoms with Crippen molar-refractivity contribution in [1.82, 2.24) is 9.97 Å². The summed E-state index contributed by atoms with van der Waals surface area (Å²) in [6.07, 6.45) is 2.84. The highest BCUT2D eigenvalue weighted by molar-refractivity contribution is 5.76. The van der Waals surface area contributed by atoms with E-state index in [2.05, 4.69) is 36.1 Å². The number of aliphatic carboxylic acids is 1. The van der Waals surface area contributed by atoms with Crippen LogP contribution in [0.2, 0.25) is 0 Å². The molecule has 100 valence electrons. The van der Waals surface area contributed by atoms with Gasteiger partial charge in [-0.1, -0.05) is 20.8 Å². The zero-order valence-corrected chi connectivity index (χ0v) is 11.4. The average molecular weight is 251 g/mol. The number of carboxylic acid groups (broad SMARTS) is 1. The maximum absolute atomic E-state index is 11.2. The van der Waals surface area contributed by atoms with Crippen molar-refractivity contribution in [2.45, 2.75) is 46.6 Å². The van der Waals surface area contributed by atoms with Gasteiger partial charge in [0.05, 0.1) is 0 Å². The normalized spacial score (nSPS) is 13.1. The van der Waals surface area contributed by atoms with Crippen molar-refractivity contribution in [2.24, 2.45) is 5.41 Å². The molecule has 0 amide bonds. The molecule has 0 saturated heterocycles. The van der Waals surface area contributed by atoms with Crippen LogP contribution in [0.4, 0.5) is 5.82 Å². The molecule has 18 heavy (non-hydrogen) atoms. The van der Waals surface area contributed by atoms with Crippen molar-refractivity contribution < 1.29 is 9.90 Å². The van der Waals surface area contributed by atoms with Gasteiger partial charge in [0.2, 0.25) is 0 Å². The topological polar surface area (TPSA) is 75.1 Å². The number of anilines is 1. The van der Waals surface area contributed by atoms with Gasteiger partial charge < -0.3 is 10.4 Å². The van der Waals surface area contributed by atoms with Crippen LogP contribution in [-0.2, 0) is 4.79 Å². The molecule has 0 bridgehead atoms. The number of carboxylic acids is 1. The third-order valence-electron chi connectivity index (χ3n) is 2.61. The largest absolute Gasteiger partial charge is 0.480 e. The molecule has 2 N–H and O–H groups in total. The molecular formula is C13H21N3O2. The average Bonchev–Trinajstić information content (AvgIpc) is 2.22. The van der Waals surface area contributed by atoms with E-state index in [4.69, 9.17) is 0 Å². The van der Waals surface area contributed by atoms with Crippen molar-refractivity contribution in [1.29, 1.82) is 0 Å². The lowest BCUT2D eigenvalue weighted by Gasteiger charge is -2.21. The summed E-state index contributed by atoms with van der Waals surface area (Å²) in [6, 6.07) is 1.13. The van der Waals surface area contributed by atoms with Crippen molar-refractivity contribution in [3.05, 3.63) is 18.1 Å². The Balaban J connectivity index is 2.66. The zero-order chi connectivity index (χ0) is 13.8. The van der Waals surface area contributed by atoms with E-state index < -0.39 is 12.0 Å². The van der Waals surface area contributed by atoms with Gasteiger partial charge in [-0.3, -0.25) is 0 Å². The van der Waals surface area contributed by atoms with Crippen LogP contribution in [0.15, 0.2) is 12.4 Å². The summed E-state index contributed by atoms with van der Waals surface area (Å²) in [4.78, 5) is 19.2. The maximum atomic E-state index is 11.2. The fourth-order valence-corrected chi connectivity index (χ4v) is 1.55. The van der Waals surface area contributed by atoms with Gasteiger partial charge in [0.1, 0.15) is 18.2 Å². The van der Waals surface area contributed by atoms with E-state index in [0.717, 1.165) is 12.1 Å². The van der Waals surface area contributed by atoms with E-state index >= 15 is 0 Å². The molecule has 0 unspecified atom stereocenters. The molecule has 1 aromatic rings. The molecule has 1 heterocycles. The second-order valence-electron chi connectivity index (χ2n) is 5.68. The van der Waals surface area contributed by atoms with Gasteiger partial charge >= 0.3 is 5.97 Å². The molecule has 5 nitrogen and oxygen atoms in total. The minimum absolute atomic E-state index is 0.122. The predicted octanol–water partition coefficient (Wildman–Crippen LogP) is 2.48. The van der Waals surface area contributed by atoms with Gasteiger partial charge in [-0.05, 0) is 25.2 Å². The number of hydrogen-bond acceptors (Lipinski definition) is 4. The van der Waals surface area contributed by atoms with Gasteiger partial charge in [-0.15, -0.1) is 0 Å². The Hall–Kier alpha value is -1.65. The summed E-state index contributed by atoms with van der Waals surface area (Å²) < 4.78 is 0. The van der Waals surface area contributed by atoms with Crippen molar-refractivity contribution in [3.63, 3.8) is 0 Å². The van der Waals surface area contributed by atoms with E-state index in [9.17, 15) is 9.90 Å². The number of hydrogen-bond donors (Lipinski definition) is 2. The minimum Gasteiger partial charge on any atom is -0.480 e. The molecule has 0 aromatic carbocycles. The molecule has 1 rings (SSSR count). The predicted molar refractivity (Wildman–Crippen MR) is 70.5 cm³/mol. The molecule has 0 aliphatic rings. The SMILES string of the molecule is Cc1cc(N[C@@H](CCC(C)(C)C)C(=O)O)ncn1. The lowest BCUT2D eigenvalue weighted by atomic mass is 9.88. The van der Waals surface area contributed by atoms with Crippen LogP contribution in [0.25, 0.3) is 0 Å². The number of nitrogens with one attached hydrogen (secondary N) is 1. The van der Waals surface area contributed by atoms with Gasteiger partial charge in [0.25, 0.3) is 0 Å². The molecule has 5 heteroatoms. The van der Waals surface area contributed by atoms with E-state index in [1.165, 1.54) is 6.33 Å². The van der Waals surface area contributed by atoms with Gasteiger partial charge in [0.15, 0.2) is 0 Å². The third-order valence-corrected chi connectivity index (χ3v) is 2.61. The standard InChI is InChI=1S/C13H21N3O2/c1-9-7-11(15-8-14-9)16-10(12(17)18)5-6-13(2,3)4/h7-8,10H,5-6H2,1-4H3,(H,17,18)(H,14,15,16)/t10-/m0/s1. The molecule has 0 fully saturated rings. The first-order valence-corrected chi connectivity index (χ1v) is 6.06. The molecule has 1 aromatic heterocycles. The quantitative estimate of drug-likeness (QED) is 0.840. The van der Waals surface area contributed by atoms with Crippen LogP contribution in [0, 0.1) is 12.3 Å². The Morgan fingerprint density at radius 3 is 2.61 bits per heavy atom. The molecule has 0 aliphatic carbocycles.